The third-order valence-corrected chi connectivity index (χ3v) is 5.32. The quantitative estimate of drug-likeness (QED) is 0.800. The van der Waals surface area contributed by atoms with Gasteiger partial charge in [-0.1, -0.05) is 27.5 Å². The normalized spacial score (nSPS) is 19.5. The zero-order valence-corrected chi connectivity index (χ0v) is 12.6. The molecule has 0 spiro atoms. The van der Waals surface area contributed by atoms with E-state index in [1.165, 1.54) is 0 Å². The molecular formula is C12H18BrClN2O. The molecule has 1 aliphatic heterocycles. The molecule has 0 saturated carbocycles. The highest BCUT2D eigenvalue weighted by molar-refractivity contribution is 9.09. The van der Waals surface area contributed by atoms with Crippen molar-refractivity contribution in [2.24, 2.45) is 12.5 Å². The molecule has 1 fully saturated rings. The van der Waals surface area contributed by atoms with E-state index >= 15 is 0 Å². The summed E-state index contributed by atoms with van der Waals surface area (Å²) in [4.78, 5) is 0. The van der Waals surface area contributed by atoms with Crippen molar-refractivity contribution >= 4 is 27.5 Å². The second-order valence-corrected chi connectivity index (χ2v) is 5.83. The summed E-state index contributed by atoms with van der Waals surface area (Å²) in [6.07, 6.45) is 3.13. The zero-order chi connectivity index (χ0) is 12.5. The Labute approximate surface area is 116 Å². The first-order chi connectivity index (χ1) is 8.08. The molecule has 2 heterocycles. The fourth-order valence-corrected chi connectivity index (χ4v) is 3.38. The van der Waals surface area contributed by atoms with Crippen LogP contribution >= 0.6 is 27.5 Å². The third-order valence-electron chi connectivity index (χ3n) is 3.64. The number of halogens is 2. The molecular weight excluding hydrogens is 304 g/mol. The molecule has 0 aliphatic carbocycles. The maximum absolute atomic E-state index is 6.32. The van der Waals surface area contributed by atoms with Crippen molar-refractivity contribution in [2.45, 2.75) is 26.2 Å². The summed E-state index contributed by atoms with van der Waals surface area (Å²) in [7, 11) is 1.97. The number of aromatic nitrogens is 2. The molecule has 2 rings (SSSR count). The van der Waals surface area contributed by atoms with Crippen molar-refractivity contribution in [3.05, 3.63) is 16.4 Å². The largest absolute Gasteiger partial charge is 0.381 e. The van der Waals surface area contributed by atoms with Crippen molar-refractivity contribution in [1.29, 1.82) is 0 Å². The van der Waals surface area contributed by atoms with Gasteiger partial charge in [-0.25, -0.2) is 0 Å². The first kappa shape index (κ1) is 13.4. The van der Waals surface area contributed by atoms with Crippen molar-refractivity contribution in [1.82, 2.24) is 9.78 Å². The highest BCUT2D eigenvalue weighted by atomic mass is 79.9. The fourth-order valence-electron chi connectivity index (χ4n) is 2.39. The van der Waals surface area contributed by atoms with Gasteiger partial charge in [-0.2, -0.15) is 5.10 Å². The highest BCUT2D eigenvalue weighted by Gasteiger charge is 2.33. The van der Waals surface area contributed by atoms with Crippen LogP contribution in [-0.4, -0.2) is 28.3 Å². The van der Waals surface area contributed by atoms with Crippen molar-refractivity contribution < 1.29 is 4.74 Å². The number of rotatable bonds is 3. The van der Waals surface area contributed by atoms with E-state index in [2.05, 4.69) is 21.0 Å². The summed E-state index contributed by atoms with van der Waals surface area (Å²) in [5.74, 6) is 0. The molecule has 96 valence electrons. The first-order valence-electron chi connectivity index (χ1n) is 5.90. The van der Waals surface area contributed by atoms with Gasteiger partial charge in [-0.3, -0.25) is 4.68 Å². The van der Waals surface area contributed by atoms with Crippen molar-refractivity contribution in [3.63, 3.8) is 0 Å². The molecule has 1 aliphatic rings. The molecule has 0 aromatic carbocycles. The molecule has 3 nitrogen and oxygen atoms in total. The smallest absolute Gasteiger partial charge is 0.0847 e. The molecule has 1 aromatic heterocycles. The van der Waals surface area contributed by atoms with Gasteiger partial charge >= 0.3 is 0 Å². The molecule has 1 aromatic rings. The van der Waals surface area contributed by atoms with Crippen LogP contribution in [0.15, 0.2) is 0 Å². The number of ether oxygens (including phenoxy) is 1. The van der Waals surface area contributed by atoms with E-state index in [9.17, 15) is 0 Å². The standard InChI is InChI=1S/C12H18BrClN2O/c1-9-11(14)10(16(2)15-9)7-12(8-13)3-5-17-6-4-12/h3-8H2,1-2H3. The van der Waals surface area contributed by atoms with Gasteiger partial charge in [0.2, 0.25) is 0 Å². The Kier molecular flexibility index (Phi) is 4.16. The van der Waals surface area contributed by atoms with E-state index in [0.29, 0.717) is 0 Å². The van der Waals surface area contributed by atoms with Crippen LogP contribution < -0.4 is 0 Å². The maximum atomic E-state index is 6.32. The van der Waals surface area contributed by atoms with Crippen LogP contribution in [0.2, 0.25) is 5.02 Å². The summed E-state index contributed by atoms with van der Waals surface area (Å²) in [5, 5.41) is 6.19. The average molecular weight is 322 g/mol. The minimum atomic E-state index is 0.266. The van der Waals surface area contributed by atoms with Crippen LogP contribution in [0.25, 0.3) is 0 Å². The molecule has 0 bridgehead atoms. The predicted octanol–water partition coefficient (Wildman–Crippen LogP) is 3.12. The minimum Gasteiger partial charge on any atom is -0.381 e. The molecule has 5 heteroatoms. The Morgan fingerprint density at radius 2 is 2.12 bits per heavy atom. The maximum Gasteiger partial charge on any atom is 0.0847 e. The lowest BCUT2D eigenvalue weighted by atomic mass is 9.78. The first-order valence-corrected chi connectivity index (χ1v) is 7.40. The van der Waals surface area contributed by atoms with Crippen LogP contribution in [0.1, 0.15) is 24.2 Å². The highest BCUT2D eigenvalue weighted by Crippen LogP contribution is 2.38. The molecule has 1 saturated heterocycles. The minimum absolute atomic E-state index is 0.266. The third kappa shape index (κ3) is 2.69. The van der Waals surface area contributed by atoms with Crippen molar-refractivity contribution in [2.75, 3.05) is 18.5 Å². The van der Waals surface area contributed by atoms with Crippen LogP contribution in [0.3, 0.4) is 0 Å². The lowest BCUT2D eigenvalue weighted by molar-refractivity contribution is 0.0262. The Morgan fingerprint density at radius 3 is 2.59 bits per heavy atom. The number of hydrogen-bond acceptors (Lipinski definition) is 2. The summed E-state index contributed by atoms with van der Waals surface area (Å²) < 4.78 is 7.37. The molecule has 0 amide bonds. The van der Waals surface area contributed by atoms with Gasteiger partial charge in [0.05, 0.1) is 16.4 Å². The number of aryl methyl sites for hydroxylation is 2. The van der Waals surface area contributed by atoms with E-state index in [1.807, 2.05) is 18.7 Å². The van der Waals surface area contributed by atoms with Gasteiger partial charge < -0.3 is 4.74 Å². The number of hydrogen-bond donors (Lipinski definition) is 0. The molecule has 0 unspecified atom stereocenters. The molecule has 0 radical (unpaired) electrons. The summed E-state index contributed by atoms with van der Waals surface area (Å²) in [6.45, 7) is 3.65. The Bertz CT molecular complexity index is 399. The SMILES string of the molecule is Cc1nn(C)c(CC2(CBr)CCOCC2)c1Cl. The van der Waals surface area contributed by atoms with Gasteiger partial charge in [-0.05, 0) is 31.6 Å². The number of alkyl halides is 1. The predicted molar refractivity (Wildman–Crippen MR) is 72.9 cm³/mol. The van der Waals surface area contributed by atoms with E-state index in [0.717, 1.165) is 54.2 Å². The number of nitrogens with zero attached hydrogens (tertiary/aromatic N) is 2. The van der Waals surface area contributed by atoms with Gasteiger partial charge in [0.1, 0.15) is 0 Å². The average Bonchev–Trinajstić information content (AvgIpc) is 2.57. The Hall–Kier alpha value is -0.0600. The Morgan fingerprint density at radius 1 is 1.47 bits per heavy atom. The van der Waals surface area contributed by atoms with Gasteiger partial charge in [-0.15, -0.1) is 0 Å². The van der Waals surface area contributed by atoms with Gasteiger partial charge in [0.25, 0.3) is 0 Å². The topological polar surface area (TPSA) is 27.1 Å². The van der Waals surface area contributed by atoms with Crippen LogP contribution in [0.4, 0.5) is 0 Å². The van der Waals surface area contributed by atoms with E-state index in [1.54, 1.807) is 0 Å². The van der Waals surface area contributed by atoms with Crippen LogP contribution in [-0.2, 0) is 18.2 Å². The zero-order valence-electron chi connectivity index (χ0n) is 10.3. The Balaban J connectivity index is 2.23. The lowest BCUT2D eigenvalue weighted by Crippen LogP contribution is -2.34. The molecule has 17 heavy (non-hydrogen) atoms. The van der Waals surface area contributed by atoms with Gasteiger partial charge in [0.15, 0.2) is 0 Å². The molecule has 0 atom stereocenters. The second kappa shape index (κ2) is 5.29. The molecule has 0 N–H and O–H groups in total. The van der Waals surface area contributed by atoms with Crippen LogP contribution in [0.5, 0.6) is 0 Å². The van der Waals surface area contributed by atoms with Gasteiger partial charge in [0, 0.05) is 25.6 Å². The fraction of sp³-hybridized carbons (Fsp3) is 0.750. The second-order valence-electron chi connectivity index (χ2n) is 4.89. The van der Waals surface area contributed by atoms with E-state index < -0.39 is 0 Å². The van der Waals surface area contributed by atoms with Crippen molar-refractivity contribution in [3.8, 4) is 0 Å². The monoisotopic (exact) mass is 320 g/mol. The van der Waals surface area contributed by atoms with E-state index in [-0.39, 0.29) is 5.41 Å². The summed E-state index contributed by atoms with van der Waals surface area (Å²) in [6, 6.07) is 0. The lowest BCUT2D eigenvalue weighted by Gasteiger charge is -2.35. The van der Waals surface area contributed by atoms with E-state index in [4.69, 9.17) is 16.3 Å². The van der Waals surface area contributed by atoms with Crippen LogP contribution in [0, 0.1) is 12.3 Å². The summed E-state index contributed by atoms with van der Waals surface area (Å²) in [5.41, 5.74) is 2.33. The summed E-state index contributed by atoms with van der Waals surface area (Å²) >= 11 is 9.98.